The summed E-state index contributed by atoms with van der Waals surface area (Å²) >= 11 is 0. The van der Waals surface area contributed by atoms with Crippen LogP contribution in [0, 0.1) is 5.92 Å². The van der Waals surface area contributed by atoms with E-state index in [1.54, 1.807) is 0 Å². The van der Waals surface area contributed by atoms with Crippen molar-refractivity contribution in [2.45, 2.75) is 45.4 Å². The topological polar surface area (TPSA) is 43.1 Å². The van der Waals surface area contributed by atoms with Gasteiger partial charge in [0.15, 0.2) is 11.5 Å². The van der Waals surface area contributed by atoms with Crippen molar-refractivity contribution in [3.05, 3.63) is 72.2 Å². The van der Waals surface area contributed by atoms with Crippen molar-refractivity contribution >= 4 is 5.65 Å². The van der Waals surface area contributed by atoms with Gasteiger partial charge in [0.05, 0.1) is 6.20 Å². The molecular formula is C23H26N4. The van der Waals surface area contributed by atoms with Crippen LogP contribution in [0.5, 0.6) is 0 Å². The molecule has 138 valence electrons. The highest BCUT2D eigenvalue weighted by molar-refractivity contribution is 5.59. The molecule has 1 saturated carbocycles. The van der Waals surface area contributed by atoms with E-state index in [9.17, 15) is 0 Å². The van der Waals surface area contributed by atoms with Gasteiger partial charge in [0, 0.05) is 17.5 Å². The van der Waals surface area contributed by atoms with Crippen molar-refractivity contribution in [2.75, 3.05) is 0 Å². The molecular weight excluding hydrogens is 332 g/mol. The Labute approximate surface area is 160 Å². The first-order chi connectivity index (χ1) is 13.2. The average molecular weight is 358 g/mol. The summed E-state index contributed by atoms with van der Waals surface area (Å²) in [5.74, 6) is 2.91. The summed E-state index contributed by atoms with van der Waals surface area (Å²) < 4.78 is 1.96. The number of rotatable bonds is 4. The first kappa shape index (κ1) is 17.7. The summed E-state index contributed by atoms with van der Waals surface area (Å²) in [5.41, 5.74) is 3.13. The van der Waals surface area contributed by atoms with Crippen molar-refractivity contribution < 1.29 is 0 Å². The van der Waals surface area contributed by atoms with Crippen LogP contribution in [0.25, 0.3) is 17.0 Å². The molecule has 4 rings (SSSR count). The molecule has 0 N–H and O–H groups in total. The third-order valence-electron chi connectivity index (χ3n) is 5.26. The summed E-state index contributed by atoms with van der Waals surface area (Å²) in [4.78, 5) is 9.85. The maximum atomic E-state index is 4.94. The van der Waals surface area contributed by atoms with Gasteiger partial charge in [-0.05, 0) is 11.8 Å². The first-order valence-corrected chi connectivity index (χ1v) is 9.85. The molecule has 1 aromatic carbocycles. The van der Waals surface area contributed by atoms with Crippen molar-refractivity contribution in [3.63, 3.8) is 0 Å². The zero-order valence-corrected chi connectivity index (χ0v) is 16.0. The fourth-order valence-electron chi connectivity index (χ4n) is 3.42. The highest BCUT2D eigenvalue weighted by Crippen LogP contribution is 2.30. The average Bonchev–Trinajstić information content (AvgIpc) is 3.06. The van der Waals surface area contributed by atoms with E-state index in [1.165, 1.54) is 24.8 Å². The SMILES string of the molecule is CC(C)c1cnn2c(CC3CCC3)nc(-c3ccccccccc3)nc12. The molecule has 0 bridgehead atoms. The molecule has 2 aromatic heterocycles. The lowest BCUT2D eigenvalue weighted by molar-refractivity contribution is 0.307. The van der Waals surface area contributed by atoms with Gasteiger partial charge >= 0.3 is 0 Å². The highest BCUT2D eigenvalue weighted by atomic mass is 15.3. The summed E-state index contributed by atoms with van der Waals surface area (Å²) in [6.45, 7) is 4.37. The molecule has 4 heteroatoms. The lowest BCUT2D eigenvalue weighted by Gasteiger charge is -2.25. The van der Waals surface area contributed by atoms with Crippen LogP contribution in [-0.2, 0) is 6.42 Å². The van der Waals surface area contributed by atoms with Gasteiger partial charge in [-0.1, -0.05) is 87.7 Å². The van der Waals surface area contributed by atoms with Gasteiger partial charge in [0.2, 0.25) is 0 Å². The lowest BCUT2D eigenvalue weighted by atomic mass is 9.83. The molecule has 1 fully saturated rings. The minimum atomic E-state index is 0.378. The monoisotopic (exact) mass is 358 g/mol. The Balaban J connectivity index is 1.88. The fourth-order valence-corrected chi connectivity index (χ4v) is 3.42. The van der Waals surface area contributed by atoms with E-state index in [0.29, 0.717) is 5.92 Å². The van der Waals surface area contributed by atoms with Crippen molar-refractivity contribution in [1.82, 2.24) is 19.6 Å². The molecule has 27 heavy (non-hydrogen) atoms. The van der Waals surface area contributed by atoms with E-state index < -0.39 is 0 Å². The molecule has 1 aliphatic carbocycles. The summed E-state index contributed by atoms with van der Waals surface area (Å²) in [7, 11) is 0. The third kappa shape index (κ3) is 3.85. The number of aromatic nitrogens is 4. The normalized spacial score (nSPS) is 14.2. The Morgan fingerprint density at radius 2 is 1.63 bits per heavy atom. The minimum Gasteiger partial charge on any atom is -0.213 e. The predicted molar refractivity (Wildman–Crippen MR) is 109 cm³/mol. The third-order valence-corrected chi connectivity index (χ3v) is 5.26. The standard InChI is InChI=1S/C23H26N4/c1-17(2)20-16-24-27-21(15-18-11-10-12-18)25-22(26-23(20)27)19-13-8-6-4-3-5-7-9-14-19/h3-9,13-14,16-18H,10-12,15H2,1-2H3. The van der Waals surface area contributed by atoms with Gasteiger partial charge in [0.25, 0.3) is 0 Å². The van der Waals surface area contributed by atoms with Gasteiger partial charge in [0.1, 0.15) is 5.82 Å². The zero-order chi connectivity index (χ0) is 18.6. The summed E-state index contributed by atoms with van der Waals surface area (Å²) in [5, 5.41) is 4.62. The number of hydrogen-bond acceptors (Lipinski definition) is 3. The van der Waals surface area contributed by atoms with Crippen LogP contribution in [0.2, 0.25) is 0 Å². The Morgan fingerprint density at radius 3 is 2.22 bits per heavy atom. The smallest absolute Gasteiger partial charge is 0.163 e. The van der Waals surface area contributed by atoms with Crippen molar-refractivity contribution in [1.29, 1.82) is 0 Å². The maximum Gasteiger partial charge on any atom is 0.163 e. The van der Waals surface area contributed by atoms with Crippen LogP contribution in [-0.4, -0.2) is 19.6 Å². The fraction of sp³-hybridized carbons (Fsp3) is 0.348. The van der Waals surface area contributed by atoms with Gasteiger partial charge in [-0.3, -0.25) is 0 Å². The first-order valence-electron chi connectivity index (χ1n) is 9.85. The number of hydrogen-bond donors (Lipinski definition) is 0. The second-order valence-electron chi connectivity index (χ2n) is 7.59. The van der Waals surface area contributed by atoms with Crippen molar-refractivity contribution in [3.8, 4) is 11.4 Å². The van der Waals surface area contributed by atoms with E-state index in [1.807, 2.05) is 53.2 Å². The molecule has 0 aliphatic heterocycles. The Kier molecular flexibility index (Phi) is 5.14. The van der Waals surface area contributed by atoms with Gasteiger partial charge in [-0.25, -0.2) is 14.5 Å². The molecule has 0 radical (unpaired) electrons. The van der Waals surface area contributed by atoms with E-state index >= 15 is 0 Å². The molecule has 0 unspecified atom stereocenters. The maximum absolute atomic E-state index is 4.94. The minimum absolute atomic E-state index is 0.378. The lowest BCUT2D eigenvalue weighted by Crippen LogP contribution is -2.18. The Morgan fingerprint density at radius 1 is 0.963 bits per heavy atom. The molecule has 2 heterocycles. The second kappa shape index (κ2) is 7.87. The van der Waals surface area contributed by atoms with Gasteiger partial charge in [-0.15, -0.1) is 0 Å². The van der Waals surface area contributed by atoms with Gasteiger partial charge in [-0.2, -0.15) is 5.10 Å². The highest BCUT2D eigenvalue weighted by Gasteiger charge is 2.22. The Bertz CT molecular complexity index is 960. The predicted octanol–water partition coefficient (Wildman–Crippen LogP) is 5.38. The largest absolute Gasteiger partial charge is 0.213 e. The van der Waals surface area contributed by atoms with Crippen LogP contribution < -0.4 is 0 Å². The zero-order valence-electron chi connectivity index (χ0n) is 16.0. The van der Waals surface area contributed by atoms with E-state index in [-0.39, 0.29) is 0 Å². The molecule has 0 amide bonds. The molecule has 4 nitrogen and oxygen atoms in total. The van der Waals surface area contributed by atoms with E-state index in [2.05, 4.69) is 31.1 Å². The van der Waals surface area contributed by atoms with Gasteiger partial charge < -0.3 is 0 Å². The molecule has 1 aliphatic rings. The van der Waals surface area contributed by atoms with Crippen LogP contribution in [0.3, 0.4) is 0 Å². The van der Waals surface area contributed by atoms with Crippen LogP contribution in [0.15, 0.2) is 60.8 Å². The molecule has 0 atom stereocenters. The molecule has 3 aromatic rings. The second-order valence-corrected chi connectivity index (χ2v) is 7.59. The van der Waals surface area contributed by atoms with E-state index in [4.69, 9.17) is 9.97 Å². The summed E-state index contributed by atoms with van der Waals surface area (Å²) in [6.07, 6.45) is 6.85. The summed E-state index contributed by atoms with van der Waals surface area (Å²) in [6, 6.07) is 18.3. The van der Waals surface area contributed by atoms with Crippen LogP contribution in [0.1, 0.15) is 50.4 Å². The van der Waals surface area contributed by atoms with E-state index in [0.717, 1.165) is 35.2 Å². The van der Waals surface area contributed by atoms with Crippen LogP contribution >= 0.6 is 0 Å². The van der Waals surface area contributed by atoms with Crippen LogP contribution in [0.4, 0.5) is 0 Å². The number of nitrogens with zero attached hydrogens (tertiary/aromatic N) is 4. The number of fused-ring (bicyclic) bond motifs is 1. The Hall–Kier alpha value is -2.75. The molecule has 0 spiro atoms. The van der Waals surface area contributed by atoms with Crippen molar-refractivity contribution in [2.24, 2.45) is 5.92 Å². The quantitative estimate of drug-likeness (QED) is 0.629. The molecule has 0 saturated heterocycles.